The van der Waals surface area contributed by atoms with Gasteiger partial charge in [-0.1, -0.05) is 12.8 Å². The normalized spacial score (nSPS) is 15.0. The Balaban J connectivity index is 2.26. The SMILES string of the molecule is COC(=O)CN(C(=O)c1ccc(O)cc1F)C1CCCC1. The van der Waals surface area contributed by atoms with Gasteiger partial charge < -0.3 is 14.7 Å². The lowest BCUT2D eigenvalue weighted by Crippen LogP contribution is -2.43. The summed E-state index contributed by atoms with van der Waals surface area (Å²) in [6.07, 6.45) is 3.55. The van der Waals surface area contributed by atoms with Crippen molar-refractivity contribution in [3.63, 3.8) is 0 Å². The van der Waals surface area contributed by atoms with Crippen LogP contribution in [0.2, 0.25) is 0 Å². The highest BCUT2D eigenvalue weighted by atomic mass is 19.1. The molecule has 1 saturated carbocycles. The van der Waals surface area contributed by atoms with Crippen LogP contribution in [0.3, 0.4) is 0 Å². The van der Waals surface area contributed by atoms with Crippen molar-refractivity contribution in [1.82, 2.24) is 4.90 Å². The van der Waals surface area contributed by atoms with Gasteiger partial charge in [-0.2, -0.15) is 0 Å². The van der Waals surface area contributed by atoms with Crippen molar-refractivity contribution in [2.45, 2.75) is 31.7 Å². The Kier molecular flexibility index (Phi) is 4.77. The fraction of sp³-hybridized carbons (Fsp3) is 0.467. The van der Waals surface area contributed by atoms with E-state index in [0.717, 1.165) is 31.7 Å². The number of phenols is 1. The molecule has 21 heavy (non-hydrogen) atoms. The molecule has 0 unspecified atom stereocenters. The minimum absolute atomic E-state index is 0.0789. The van der Waals surface area contributed by atoms with E-state index in [1.54, 1.807) is 0 Å². The number of amides is 1. The average Bonchev–Trinajstić information content (AvgIpc) is 2.97. The first-order valence-electron chi connectivity index (χ1n) is 6.89. The summed E-state index contributed by atoms with van der Waals surface area (Å²) in [5, 5.41) is 9.21. The molecule has 1 aliphatic rings. The third kappa shape index (κ3) is 3.51. The van der Waals surface area contributed by atoms with E-state index in [-0.39, 0.29) is 23.9 Å². The van der Waals surface area contributed by atoms with Crippen molar-refractivity contribution in [3.05, 3.63) is 29.6 Å². The average molecular weight is 295 g/mol. The first kappa shape index (κ1) is 15.3. The van der Waals surface area contributed by atoms with Crippen LogP contribution in [0.5, 0.6) is 5.75 Å². The van der Waals surface area contributed by atoms with E-state index < -0.39 is 17.7 Å². The number of benzene rings is 1. The van der Waals surface area contributed by atoms with Gasteiger partial charge in [0.1, 0.15) is 18.1 Å². The summed E-state index contributed by atoms with van der Waals surface area (Å²) in [7, 11) is 1.25. The molecule has 1 amide bonds. The highest BCUT2D eigenvalue weighted by molar-refractivity contribution is 5.96. The van der Waals surface area contributed by atoms with Crippen molar-refractivity contribution < 1.29 is 23.8 Å². The molecule has 0 bridgehead atoms. The molecule has 0 aliphatic heterocycles. The zero-order valence-corrected chi connectivity index (χ0v) is 11.8. The first-order valence-corrected chi connectivity index (χ1v) is 6.89. The predicted molar refractivity (Wildman–Crippen MR) is 73.4 cm³/mol. The van der Waals surface area contributed by atoms with Crippen molar-refractivity contribution in [3.8, 4) is 5.75 Å². The maximum absolute atomic E-state index is 13.8. The van der Waals surface area contributed by atoms with Crippen LogP contribution in [0.15, 0.2) is 18.2 Å². The van der Waals surface area contributed by atoms with Crippen LogP contribution >= 0.6 is 0 Å². The maximum atomic E-state index is 13.8. The molecule has 0 spiro atoms. The monoisotopic (exact) mass is 295 g/mol. The second-order valence-corrected chi connectivity index (χ2v) is 5.11. The summed E-state index contributed by atoms with van der Waals surface area (Å²) < 4.78 is 18.5. The van der Waals surface area contributed by atoms with Gasteiger partial charge in [0.25, 0.3) is 5.91 Å². The number of hydrogen-bond acceptors (Lipinski definition) is 4. The lowest BCUT2D eigenvalue weighted by Gasteiger charge is -2.28. The number of carbonyl (C=O) groups is 2. The Morgan fingerprint density at radius 2 is 2.05 bits per heavy atom. The number of halogens is 1. The Morgan fingerprint density at radius 3 is 2.62 bits per heavy atom. The molecule has 1 aromatic carbocycles. The van der Waals surface area contributed by atoms with Crippen LogP contribution in [0, 0.1) is 5.82 Å². The van der Waals surface area contributed by atoms with E-state index in [2.05, 4.69) is 4.74 Å². The molecule has 0 radical (unpaired) electrons. The zero-order chi connectivity index (χ0) is 15.4. The standard InChI is InChI=1S/C15H18FNO4/c1-21-14(19)9-17(10-4-2-3-5-10)15(20)12-7-6-11(18)8-13(12)16/h6-8,10,18H,2-5,9H2,1H3. The summed E-state index contributed by atoms with van der Waals surface area (Å²) in [5.74, 6) is -2.13. The van der Waals surface area contributed by atoms with E-state index in [9.17, 15) is 19.1 Å². The topological polar surface area (TPSA) is 66.8 Å². The van der Waals surface area contributed by atoms with E-state index in [1.165, 1.54) is 24.1 Å². The minimum atomic E-state index is -0.798. The number of rotatable bonds is 4. The highest BCUT2D eigenvalue weighted by Crippen LogP contribution is 2.26. The molecule has 114 valence electrons. The maximum Gasteiger partial charge on any atom is 0.325 e. The van der Waals surface area contributed by atoms with Gasteiger partial charge in [-0.15, -0.1) is 0 Å². The molecule has 0 heterocycles. The molecular formula is C15H18FNO4. The highest BCUT2D eigenvalue weighted by Gasteiger charge is 2.30. The lowest BCUT2D eigenvalue weighted by molar-refractivity contribution is -0.141. The molecule has 0 aromatic heterocycles. The number of methoxy groups -OCH3 is 1. The van der Waals surface area contributed by atoms with Crippen LogP contribution in [-0.2, 0) is 9.53 Å². The molecule has 1 aliphatic carbocycles. The molecule has 1 aromatic rings. The number of aromatic hydroxyl groups is 1. The minimum Gasteiger partial charge on any atom is -0.508 e. The fourth-order valence-corrected chi connectivity index (χ4v) is 2.62. The number of nitrogens with zero attached hydrogens (tertiary/aromatic N) is 1. The van der Waals surface area contributed by atoms with Crippen LogP contribution in [-0.4, -0.2) is 41.6 Å². The smallest absolute Gasteiger partial charge is 0.325 e. The third-order valence-corrected chi connectivity index (χ3v) is 3.74. The number of ether oxygens (including phenoxy) is 1. The summed E-state index contributed by atoms with van der Waals surface area (Å²) in [4.78, 5) is 25.4. The van der Waals surface area contributed by atoms with Crippen LogP contribution < -0.4 is 0 Å². The zero-order valence-electron chi connectivity index (χ0n) is 11.8. The summed E-state index contributed by atoms with van der Waals surface area (Å²) >= 11 is 0. The van der Waals surface area contributed by atoms with E-state index in [1.807, 2.05) is 0 Å². The van der Waals surface area contributed by atoms with Crippen molar-refractivity contribution in [2.24, 2.45) is 0 Å². The number of hydrogen-bond donors (Lipinski definition) is 1. The molecule has 0 atom stereocenters. The van der Waals surface area contributed by atoms with Gasteiger partial charge in [0, 0.05) is 12.1 Å². The van der Waals surface area contributed by atoms with Gasteiger partial charge in [0.15, 0.2) is 0 Å². The number of phenolic OH excluding ortho intramolecular Hbond substituents is 1. The first-order chi connectivity index (χ1) is 10.0. The molecule has 1 fully saturated rings. The number of carbonyl (C=O) groups excluding carboxylic acids is 2. The van der Waals surface area contributed by atoms with Gasteiger partial charge in [-0.25, -0.2) is 4.39 Å². The Bertz CT molecular complexity index is 540. The van der Waals surface area contributed by atoms with Crippen molar-refractivity contribution in [2.75, 3.05) is 13.7 Å². The van der Waals surface area contributed by atoms with E-state index in [0.29, 0.717) is 0 Å². The molecule has 6 heteroatoms. The van der Waals surface area contributed by atoms with Gasteiger partial charge in [-0.3, -0.25) is 9.59 Å². The van der Waals surface area contributed by atoms with Crippen LogP contribution in [0.4, 0.5) is 4.39 Å². The Hall–Kier alpha value is -2.11. The third-order valence-electron chi connectivity index (χ3n) is 3.74. The summed E-state index contributed by atoms with van der Waals surface area (Å²) in [6, 6.07) is 3.29. The largest absolute Gasteiger partial charge is 0.508 e. The van der Waals surface area contributed by atoms with Crippen molar-refractivity contribution in [1.29, 1.82) is 0 Å². The summed E-state index contributed by atoms with van der Waals surface area (Å²) in [5.41, 5.74) is -0.149. The molecule has 0 saturated heterocycles. The fourth-order valence-electron chi connectivity index (χ4n) is 2.62. The molecule has 1 N–H and O–H groups in total. The second kappa shape index (κ2) is 6.56. The van der Waals surface area contributed by atoms with Gasteiger partial charge in [-0.05, 0) is 25.0 Å². The number of esters is 1. The van der Waals surface area contributed by atoms with Gasteiger partial charge in [0.2, 0.25) is 0 Å². The molecule has 2 rings (SSSR count). The summed E-state index contributed by atoms with van der Waals surface area (Å²) in [6.45, 7) is -0.194. The van der Waals surface area contributed by atoms with E-state index >= 15 is 0 Å². The molecule has 5 nitrogen and oxygen atoms in total. The lowest BCUT2D eigenvalue weighted by atomic mass is 10.1. The van der Waals surface area contributed by atoms with Crippen LogP contribution in [0.25, 0.3) is 0 Å². The van der Waals surface area contributed by atoms with Crippen LogP contribution in [0.1, 0.15) is 36.0 Å². The van der Waals surface area contributed by atoms with Crippen molar-refractivity contribution >= 4 is 11.9 Å². The Labute approximate surface area is 122 Å². The quantitative estimate of drug-likeness (QED) is 0.864. The van der Waals surface area contributed by atoms with Gasteiger partial charge >= 0.3 is 5.97 Å². The molecular weight excluding hydrogens is 277 g/mol. The Morgan fingerprint density at radius 1 is 1.38 bits per heavy atom. The predicted octanol–water partition coefficient (Wildman–Crippen LogP) is 2.09. The second-order valence-electron chi connectivity index (χ2n) is 5.11. The van der Waals surface area contributed by atoms with Gasteiger partial charge in [0.05, 0.1) is 12.7 Å². The van der Waals surface area contributed by atoms with E-state index in [4.69, 9.17) is 0 Å².